The van der Waals surface area contributed by atoms with Crippen LogP contribution in [0, 0.1) is 5.92 Å². The zero-order chi connectivity index (χ0) is 12.3. The lowest BCUT2D eigenvalue weighted by Crippen LogP contribution is -2.21. The van der Waals surface area contributed by atoms with E-state index in [1.807, 2.05) is 18.2 Å². The maximum Gasteiger partial charge on any atom is 0.0551 e. The number of halogens is 2. The molecular formula is C13H17BrClNO. The summed E-state index contributed by atoms with van der Waals surface area (Å²) in [5, 5.41) is 0.727. The molecular weight excluding hydrogens is 302 g/mol. The molecule has 1 fully saturated rings. The molecule has 2 nitrogen and oxygen atoms in total. The second kappa shape index (κ2) is 6.19. The van der Waals surface area contributed by atoms with Gasteiger partial charge in [0.05, 0.1) is 5.02 Å². The van der Waals surface area contributed by atoms with Crippen molar-refractivity contribution in [3.63, 3.8) is 0 Å². The van der Waals surface area contributed by atoms with Crippen molar-refractivity contribution in [3.8, 4) is 0 Å². The lowest BCUT2D eigenvalue weighted by Gasteiger charge is -2.25. The van der Waals surface area contributed by atoms with Crippen molar-refractivity contribution in [2.24, 2.45) is 11.7 Å². The highest BCUT2D eigenvalue weighted by molar-refractivity contribution is 9.10. The van der Waals surface area contributed by atoms with Gasteiger partial charge >= 0.3 is 0 Å². The Hall–Kier alpha value is -0.0900. The Labute approximate surface area is 116 Å². The molecule has 94 valence electrons. The summed E-state index contributed by atoms with van der Waals surface area (Å²) in [5.74, 6) is 0.682. The predicted molar refractivity (Wildman–Crippen MR) is 74.2 cm³/mol. The Kier molecular flexibility index (Phi) is 4.86. The van der Waals surface area contributed by atoms with Crippen molar-refractivity contribution in [2.45, 2.75) is 25.3 Å². The van der Waals surface area contributed by atoms with Crippen molar-refractivity contribution in [1.82, 2.24) is 0 Å². The van der Waals surface area contributed by atoms with Gasteiger partial charge in [0.1, 0.15) is 0 Å². The number of nitrogens with two attached hydrogens (primary N) is 1. The van der Waals surface area contributed by atoms with Gasteiger partial charge < -0.3 is 10.5 Å². The van der Waals surface area contributed by atoms with Crippen molar-refractivity contribution in [2.75, 3.05) is 13.2 Å². The first kappa shape index (κ1) is 13.3. The van der Waals surface area contributed by atoms with E-state index in [9.17, 15) is 0 Å². The van der Waals surface area contributed by atoms with Gasteiger partial charge in [-0.1, -0.05) is 17.7 Å². The molecule has 1 aromatic rings. The SMILES string of the molecule is NC(CC1CCOCC1)c1ccc(Br)c(Cl)c1. The first-order valence-electron chi connectivity index (χ1n) is 5.95. The summed E-state index contributed by atoms with van der Waals surface area (Å²) in [6.07, 6.45) is 3.26. The molecule has 1 atom stereocenters. The highest BCUT2D eigenvalue weighted by Crippen LogP contribution is 2.30. The zero-order valence-electron chi connectivity index (χ0n) is 9.66. The fourth-order valence-corrected chi connectivity index (χ4v) is 2.66. The average molecular weight is 319 g/mol. The van der Waals surface area contributed by atoms with Crippen LogP contribution in [0.25, 0.3) is 0 Å². The molecule has 0 radical (unpaired) electrons. The Morgan fingerprint density at radius 2 is 2.12 bits per heavy atom. The third kappa shape index (κ3) is 3.68. The third-order valence-electron chi connectivity index (χ3n) is 3.30. The molecule has 0 aromatic heterocycles. The summed E-state index contributed by atoms with van der Waals surface area (Å²) in [6, 6.07) is 6.03. The minimum absolute atomic E-state index is 0.0729. The summed E-state index contributed by atoms with van der Waals surface area (Å²) >= 11 is 9.47. The van der Waals surface area contributed by atoms with Gasteiger partial charge in [-0.15, -0.1) is 0 Å². The highest BCUT2D eigenvalue weighted by Gasteiger charge is 2.18. The standard InChI is InChI=1S/C13H17BrClNO/c14-11-2-1-10(8-12(11)15)13(16)7-9-3-5-17-6-4-9/h1-2,8-9,13H,3-7,16H2. The van der Waals surface area contributed by atoms with Gasteiger partial charge in [0, 0.05) is 23.7 Å². The Morgan fingerprint density at radius 1 is 1.41 bits per heavy atom. The van der Waals surface area contributed by atoms with Crippen molar-refractivity contribution < 1.29 is 4.74 Å². The molecule has 17 heavy (non-hydrogen) atoms. The summed E-state index contributed by atoms with van der Waals surface area (Å²) in [6.45, 7) is 1.75. The quantitative estimate of drug-likeness (QED) is 0.917. The van der Waals surface area contributed by atoms with Gasteiger partial charge in [-0.25, -0.2) is 0 Å². The number of benzene rings is 1. The van der Waals surface area contributed by atoms with Crippen LogP contribution >= 0.6 is 27.5 Å². The first-order valence-corrected chi connectivity index (χ1v) is 7.12. The molecule has 4 heteroatoms. The van der Waals surface area contributed by atoms with Crippen LogP contribution in [0.1, 0.15) is 30.9 Å². The molecule has 2 N–H and O–H groups in total. The third-order valence-corrected chi connectivity index (χ3v) is 4.53. The molecule has 1 saturated heterocycles. The fourth-order valence-electron chi connectivity index (χ4n) is 2.22. The minimum Gasteiger partial charge on any atom is -0.381 e. The number of hydrogen-bond donors (Lipinski definition) is 1. The summed E-state index contributed by atoms with van der Waals surface area (Å²) in [4.78, 5) is 0. The van der Waals surface area contributed by atoms with Crippen LogP contribution in [0.5, 0.6) is 0 Å². The van der Waals surface area contributed by atoms with Gasteiger partial charge in [0.2, 0.25) is 0 Å². The molecule has 1 aliphatic rings. The summed E-state index contributed by atoms with van der Waals surface area (Å²) < 4.78 is 6.27. The average Bonchev–Trinajstić information content (AvgIpc) is 2.34. The second-order valence-electron chi connectivity index (χ2n) is 4.57. The molecule has 1 aliphatic heterocycles. The molecule has 1 aromatic carbocycles. The lowest BCUT2D eigenvalue weighted by molar-refractivity contribution is 0.0618. The smallest absolute Gasteiger partial charge is 0.0551 e. The second-order valence-corrected chi connectivity index (χ2v) is 5.83. The van der Waals surface area contributed by atoms with Crippen molar-refractivity contribution in [3.05, 3.63) is 33.3 Å². The van der Waals surface area contributed by atoms with E-state index < -0.39 is 0 Å². The molecule has 0 amide bonds. The van der Waals surface area contributed by atoms with Crippen LogP contribution in [-0.2, 0) is 4.74 Å². The first-order chi connectivity index (χ1) is 8.16. The molecule has 0 aliphatic carbocycles. The molecule has 0 saturated carbocycles. The Balaban J connectivity index is 1.98. The van der Waals surface area contributed by atoms with Crippen LogP contribution in [0.3, 0.4) is 0 Å². The topological polar surface area (TPSA) is 35.2 Å². The van der Waals surface area contributed by atoms with Crippen LogP contribution in [0.15, 0.2) is 22.7 Å². The maximum absolute atomic E-state index is 6.23. The zero-order valence-corrected chi connectivity index (χ0v) is 12.0. The molecule has 0 spiro atoms. The van der Waals surface area contributed by atoms with Crippen LogP contribution in [0.4, 0.5) is 0 Å². The van der Waals surface area contributed by atoms with Gasteiger partial charge in [0.15, 0.2) is 0 Å². The largest absolute Gasteiger partial charge is 0.381 e. The van der Waals surface area contributed by atoms with Crippen molar-refractivity contribution >= 4 is 27.5 Å². The highest BCUT2D eigenvalue weighted by atomic mass is 79.9. The Bertz CT molecular complexity index is 380. The number of hydrogen-bond acceptors (Lipinski definition) is 2. The van der Waals surface area contributed by atoms with E-state index in [0.717, 1.165) is 47.5 Å². The summed E-state index contributed by atoms with van der Waals surface area (Å²) in [7, 11) is 0. The Morgan fingerprint density at radius 3 is 2.76 bits per heavy atom. The fraction of sp³-hybridized carbons (Fsp3) is 0.538. The van der Waals surface area contributed by atoms with E-state index in [-0.39, 0.29) is 6.04 Å². The number of rotatable bonds is 3. The normalized spacial score (nSPS) is 19.2. The predicted octanol–water partition coefficient (Wildman–Crippen LogP) is 3.92. The van der Waals surface area contributed by atoms with E-state index in [1.54, 1.807) is 0 Å². The van der Waals surface area contributed by atoms with Crippen molar-refractivity contribution in [1.29, 1.82) is 0 Å². The van der Waals surface area contributed by atoms with E-state index in [0.29, 0.717) is 5.92 Å². The van der Waals surface area contributed by atoms with E-state index in [2.05, 4.69) is 15.9 Å². The van der Waals surface area contributed by atoms with E-state index >= 15 is 0 Å². The minimum atomic E-state index is 0.0729. The van der Waals surface area contributed by atoms with E-state index in [1.165, 1.54) is 0 Å². The number of ether oxygens (including phenoxy) is 1. The van der Waals surface area contributed by atoms with Gasteiger partial charge in [0.25, 0.3) is 0 Å². The van der Waals surface area contributed by atoms with Crippen LogP contribution in [-0.4, -0.2) is 13.2 Å². The van der Waals surface area contributed by atoms with Gasteiger partial charge in [-0.2, -0.15) is 0 Å². The molecule has 1 heterocycles. The van der Waals surface area contributed by atoms with Gasteiger partial charge in [-0.05, 0) is 58.8 Å². The van der Waals surface area contributed by atoms with Crippen LogP contribution < -0.4 is 5.73 Å². The lowest BCUT2D eigenvalue weighted by atomic mass is 9.90. The van der Waals surface area contributed by atoms with Crippen LogP contribution in [0.2, 0.25) is 5.02 Å². The maximum atomic E-state index is 6.23. The van der Waals surface area contributed by atoms with E-state index in [4.69, 9.17) is 22.1 Å². The molecule has 2 rings (SSSR count). The monoisotopic (exact) mass is 317 g/mol. The molecule has 0 bridgehead atoms. The summed E-state index contributed by atoms with van der Waals surface area (Å²) in [5.41, 5.74) is 7.35. The van der Waals surface area contributed by atoms with Gasteiger partial charge in [-0.3, -0.25) is 0 Å². The molecule has 1 unspecified atom stereocenters.